The van der Waals surface area contributed by atoms with E-state index in [0.717, 1.165) is 43.0 Å². The van der Waals surface area contributed by atoms with E-state index in [0.29, 0.717) is 13.2 Å². The number of piperidine rings is 1. The van der Waals surface area contributed by atoms with Crippen LogP contribution in [0.15, 0.2) is 48.5 Å². The van der Waals surface area contributed by atoms with Gasteiger partial charge in [-0.15, -0.1) is 12.4 Å². The number of nitrogens with one attached hydrogen (secondary N) is 2. The molecule has 0 atom stereocenters. The summed E-state index contributed by atoms with van der Waals surface area (Å²) in [6, 6.07) is 15.7. The minimum atomic E-state index is -0.452. The zero-order valence-electron chi connectivity index (χ0n) is 16.5. The molecule has 0 radical (unpaired) electrons. The summed E-state index contributed by atoms with van der Waals surface area (Å²) < 4.78 is 11.4. The molecule has 0 bridgehead atoms. The van der Waals surface area contributed by atoms with E-state index < -0.39 is 5.41 Å². The molecule has 0 aromatic heterocycles. The molecule has 1 amide bonds. The minimum absolute atomic E-state index is 0. The maximum atomic E-state index is 12.9. The van der Waals surface area contributed by atoms with E-state index in [1.54, 1.807) is 7.11 Å². The number of methoxy groups -OCH3 is 1. The molecule has 1 saturated heterocycles. The molecule has 1 fully saturated rings. The number of carbonyl (C=O) groups is 1. The van der Waals surface area contributed by atoms with Crippen LogP contribution in [0.3, 0.4) is 0 Å². The van der Waals surface area contributed by atoms with Crippen molar-refractivity contribution in [2.45, 2.75) is 26.3 Å². The molecule has 3 rings (SSSR count). The van der Waals surface area contributed by atoms with Crippen molar-refractivity contribution < 1.29 is 14.3 Å². The molecular weight excluding hydrogens is 376 g/mol. The van der Waals surface area contributed by atoms with Crippen LogP contribution in [0, 0.1) is 12.3 Å². The molecule has 1 aliphatic heterocycles. The second-order valence-electron chi connectivity index (χ2n) is 7.17. The summed E-state index contributed by atoms with van der Waals surface area (Å²) in [4.78, 5) is 12.9. The Morgan fingerprint density at radius 3 is 2.46 bits per heavy atom. The van der Waals surface area contributed by atoms with Gasteiger partial charge in [-0.3, -0.25) is 4.79 Å². The van der Waals surface area contributed by atoms with Crippen molar-refractivity contribution >= 4 is 18.3 Å². The molecule has 5 nitrogen and oxygen atoms in total. The van der Waals surface area contributed by atoms with Crippen LogP contribution >= 0.6 is 12.4 Å². The molecule has 2 N–H and O–H groups in total. The van der Waals surface area contributed by atoms with Crippen molar-refractivity contribution in [1.82, 2.24) is 10.6 Å². The second-order valence-corrected chi connectivity index (χ2v) is 7.17. The summed E-state index contributed by atoms with van der Waals surface area (Å²) >= 11 is 0. The molecule has 1 heterocycles. The third-order valence-corrected chi connectivity index (χ3v) is 5.12. The van der Waals surface area contributed by atoms with Crippen LogP contribution in [0.1, 0.15) is 24.0 Å². The average Bonchev–Trinajstić information content (AvgIpc) is 2.70. The second kappa shape index (κ2) is 10.5. The van der Waals surface area contributed by atoms with Crippen LogP contribution in [-0.4, -0.2) is 32.7 Å². The lowest BCUT2D eigenvalue weighted by atomic mass is 9.78. The largest absolute Gasteiger partial charge is 0.457 e. The standard InChI is InChI=1S/C22H28N2O3.ClH/c1-17-7-9-19(10-8-17)27-20-6-4-3-5-18(20)15-24-21(25)22(16-26-2)11-13-23-14-12-22;/h3-10,23H,11-16H2,1-2H3,(H,24,25);1H. The Balaban J connectivity index is 0.00000280. The molecule has 1 aliphatic rings. The Bertz CT molecular complexity index is 753. The number of para-hydroxylation sites is 1. The van der Waals surface area contributed by atoms with Crippen molar-refractivity contribution in [1.29, 1.82) is 0 Å². The first kappa shape index (κ1) is 22.2. The normalized spacial score (nSPS) is 15.4. The molecule has 0 saturated carbocycles. The van der Waals surface area contributed by atoms with Gasteiger partial charge in [0, 0.05) is 19.2 Å². The number of amides is 1. The van der Waals surface area contributed by atoms with E-state index in [4.69, 9.17) is 9.47 Å². The van der Waals surface area contributed by atoms with Crippen LogP contribution in [0.5, 0.6) is 11.5 Å². The Morgan fingerprint density at radius 2 is 1.79 bits per heavy atom. The van der Waals surface area contributed by atoms with Gasteiger partial charge in [0.05, 0.1) is 12.0 Å². The summed E-state index contributed by atoms with van der Waals surface area (Å²) in [5.41, 5.74) is 1.69. The van der Waals surface area contributed by atoms with Gasteiger partial charge in [-0.1, -0.05) is 35.9 Å². The van der Waals surface area contributed by atoms with Crippen LogP contribution in [0.2, 0.25) is 0 Å². The van der Waals surface area contributed by atoms with E-state index in [1.807, 2.05) is 55.5 Å². The predicted molar refractivity (Wildman–Crippen MR) is 113 cm³/mol. The molecular formula is C22H29ClN2O3. The summed E-state index contributed by atoms with van der Waals surface area (Å²) in [7, 11) is 1.65. The highest BCUT2D eigenvalue weighted by Crippen LogP contribution is 2.30. The Morgan fingerprint density at radius 1 is 1.11 bits per heavy atom. The van der Waals surface area contributed by atoms with Crippen molar-refractivity contribution in [3.05, 3.63) is 59.7 Å². The molecule has 152 valence electrons. The predicted octanol–water partition coefficient (Wildman–Crippen LogP) is 3.84. The molecule has 2 aromatic rings. The third kappa shape index (κ3) is 5.47. The lowest BCUT2D eigenvalue weighted by molar-refractivity contribution is -0.136. The SMILES string of the molecule is COCC1(C(=O)NCc2ccccc2Oc2ccc(C)cc2)CCNCC1.Cl. The van der Waals surface area contributed by atoms with Gasteiger partial charge >= 0.3 is 0 Å². The van der Waals surface area contributed by atoms with Gasteiger partial charge in [-0.2, -0.15) is 0 Å². The number of hydrogen-bond acceptors (Lipinski definition) is 4. The fourth-order valence-electron chi connectivity index (χ4n) is 3.46. The van der Waals surface area contributed by atoms with Crippen molar-refractivity contribution in [3.8, 4) is 11.5 Å². The van der Waals surface area contributed by atoms with Crippen LogP contribution < -0.4 is 15.4 Å². The van der Waals surface area contributed by atoms with Crippen LogP contribution in [-0.2, 0) is 16.1 Å². The fraction of sp³-hybridized carbons (Fsp3) is 0.409. The van der Waals surface area contributed by atoms with Crippen LogP contribution in [0.25, 0.3) is 0 Å². The van der Waals surface area contributed by atoms with E-state index in [2.05, 4.69) is 10.6 Å². The Kier molecular flexibility index (Phi) is 8.30. The number of hydrogen-bond donors (Lipinski definition) is 2. The highest BCUT2D eigenvalue weighted by atomic mass is 35.5. The van der Waals surface area contributed by atoms with Crippen molar-refractivity contribution in [2.24, 2.45) is 5.41 Å². The van der Waals surface area contributed by atoms with Gasteiger partial charge in [0.15, 0.2) is 0 Å². The quantitative estimate of drug-likeness (QED) is 0.736. The van der Waals surface area contributed by atoms with Gasteiger partial charge in [0.1, 0.15) is 11.5 Å². The van der Waals surface area contributed by atoms with Gasteiger partial charge in [-0.05, 0) is 51.1 Å². The molecule has 2 aromatic carbocycles. The number of benzene rings is 2. The average molecular weight is 405 g/mol. The number of aryl methyl sites for hydroxylation is 1. The minimum Gasteiger partial charge on any atom is -0.457 e. The zero-order valence-corrected chi connectivity index (χ0v) is 17.3. The van der Waals surface area contributed by atoms with E-state index in [-0.39, 0.29) is 18.3 Å². The number of ether oxygens (including phenoxy) is 2. The highest BCUT2D eigenvalue weighted by Gasteiger charge is 2.39. The van der Waals surface area contributed by atoms with Crippen molar-refractivity contribution in [2.75, 3.05) is 26.8 Å². The number of halogens is 1. The molecule has 6 heteroatoms. The fourth-order valence-corrected chi connectivity index (χ4v) is 3.46. The smallest absolute Gasteiger partial charge is 0.228 e. The molecule has 0 spiro atoms. The first-order valence-electron chi connectivity index (χ1n) is 9.43. The van der Waals surface area contributed by atoms with Gasteiger partial charge < -0.3 is 20.1 Å². The number of rotatable bonds is 7. The van der Waals surface area contributed by atoms with Crippen LogP contribution in [0.4, 0.5) is 0 Å². The molecule has 0 unspecified atom stereocenters. The highest BCUT2D eigenvalue weighted by molar-refractivity contribution is 5.85. The lowest BCUT2D eigenvalue weighted by Gasteiger charge is -2.35. The van der Waals surface area contributed by atoms with Gasteiger partial charge in [0.25, 0.3) is 0 Å². The maximum Gasteiger partial charge on any atom is 0.228 e. The lowest BCUT2D eigenvalue weighted by Crippen LogP contribution is -2.49. The summed E-state index contributed by atoms with van der Waals surface area (Å²) in [5.74, 6) is 1.59. The monoisotopic (exact) mass is 404 g/mol. The topological polar surface area (TPSA) is 59.6 Å². The first-order valence-corrected chi connectivity index (χ1v) is 9.43. The van der Waals surface area contributed by atoms with E-state index in [1.165, 1.54) is 5.56 Å². The van der Waals surface area contributed by atoms with E-state index in [9.17, 15) is 4.79 Å². The summed E-state index contributed by atoms with van der Waals surface area (Å²) in [6.45, 7) is 4.60. The zero-order chi connectivity index (χ0) is 19.1. The maximum absolute atomic E-state index is 12.9. The molecule has 28 heavy (non-hydrogen) atoms. The summed E-state index contributed by atoms with van der Waals surface area (Å²) in [6.07, 6.45) is 1.57. The molecule has 0 aliphatic carbocycles. The number of carbonyl (C=O) groups excluding carboxylic acids is 1. The first-order chi connectivity index (χ1) is 13.1. The Hall–Kier alpha value is -2.08. The Labute approximate surface area is 173 Å². The van der Waals surface area contributed by atoms with Gasteiger partial charge in [0.2, 0.25) is 5.91 Å². The van der Waals surface area contributed by atoms with E-state index >= 15 is 0 Å². The van der Waals surface area contributed by atoms with Gasteiger partial charge in [-0.25, -0.2) is 0 Å². The summed E-state index contributed by atoms with van der Waals surface area (Å²) in [5, 5.41) is 6.41. The third-order valence-electron chi connectivity index (χ3n) is 5.12. The van der Waals surface area contributed by atoms with Crippen molar-refractivity contribution in [3.63, 3.8) is 0 Å².